The van der Waals surface area contributed by atoms with Gasteiger partial charge in [-0.05, 0) is 12.1 Å². The summed E-state index contributed by atoms with van der Waals surface area (Å²) in [6.45, 7) is 0. The van der Waals surface area contributed by atoms with E-state index in [2.05, 4.69) is 0 Å². The Morgan fingerprint density at radius 1 is 1.36 bits per heavy atom. The molecule has 6 heteroatoms. The summed E-state index contributed by atoms with van der Waals surface area (Å²) < 4.78 is 36.9. The first-order chi connectivity index (χ1) is 6.38. The highest BCUT2D eigenvalue weighted by Crippen LogP contribution is 2.36. The average molecular weight is 221 g/mol. The van der Waals surface area contributed by atoms with Crippen LogP contribution in [-0.2, 0) is 6.18 Å². The highest BCUT2D eigenvalue weighted by atomic mass is 35.5. The van der Waals surface area contributed by atoms with Crippen LogP contribution in [0.5, 0.6) is 0 Å². The molecule has 0 atom stereocenters. The molecule has 0 unspecified atom stereocenters. The van der Waals surface area contributed by atoms with E-state index in [0.29, 0.717) is 0 Å². The number of nitriles is 1. The molecule has 2 nitrogen and oxygen atoms in total. The van der Waals surface area contributed by atoms with Crippen LogP contribution in [0.3, 0.4) is 0 Å². The Hall–Kier alpha value is -1.41. The lowest BCUT2D eigenvalue weighted by molar-refractivity contribution is -0.137. The Balaban J connectivity index is 3.49. The third-order valence-electron chi connectivity index (χ3n) is 1.59. The van der Waals surface area contributed by atoms with Crippen LogP contribution < -0.4 is 5.73 Å². The Morgan fingerprint density at radius 2 is 1.93 bits per heavy atom. The van der Waals surface area contributed by atoms with Crippen molar-refractivity contribution in [3.8, 4) is 6.07 Å². The number of nitrogens with two attached hydrogens (primary N) is 1. The Morgan fingerprint density at radius 3 is 2.36 bits per heavy atom. The summed E-state index contributed by atoms with van der Waals surface area (Å²) in [6.07, 6.45) is -4.59. The van der Waals surface area contributed by atoms with Crippen molar-refractivity contribution in [2.45, 2.75) is 6.18 Å². The predicted molar refractivity (Wildman–Crippen MR) is 45.6 cm³/mol. The van der Waals surface area contributed by atoms with Crippen LogP contribution in [-0.4, -0.2) is 0 Å². The van der Waals surface area contributed by atoms with E-state index in [9.17, 15) is 13.2 Å². The summed E-state index contributed by atoms with van der Waals surface area (Å²) in [7, 11) is 0. The van der Waals surface area contributed by atoms with E-state index in [-0.39, 0.29) is 10.7 Å². The number of anilines is 1. The molecule has 0 saturated carbocycles. The van der Waals surface area contributed by atoms with Gasteiger partial charge in [0.2, 0.25) is 0 Å². The molecule has 0 aromatic heterocycles. The Labute approximate surface area is 82.7 Å². The molecule has 0 fully saturated rings. The van der Waals surface area contributed by atoms with E-state index < -0.39 is 17.3 Å². The number of alkyl halides is 3. The fraction of sp³-hybridized carbons (Fsp3) is 0.125. The molecular formula is C8H4ClF3N2. The molecule has 14 heavy (non-hydrogen) atoms. The van der Waals surface area contributed by atoms with Gasteiger partial charge in [0, 0.05) is 0 Å². The fourth-order valence-electron chi connectivity index (χ4n) is 0.938. The van der Waals surface area contributed by atoms with Crippen LogP contribution in [0.15, 0.2) is 12.1 Å². The number of nitrogens with zero attached hydrogens (tertiary/aromatic N) is 1. The van der Waals surface area contributed by atoms with Gasteiger partial charge in [-0.1, -0.05) is 11.6 Å². The second-order valence-electron chi connectivity index (χ2n) is 2.50. The zero-order valence-corrected chi connectivity index (χ0v) is 7.45. The molecule has 1 aromatic carbocycles. The first-order valence-electron chi connectivity index (χ1n) is 3.43. The summed E-state index contributed by atoms with van der Waals surface area (Å²) in [4.78, 5) is 0. The van der Waals surface area contributed by atoms with Gasteiger partial charge < -0.3 is 5.73 Å². The maximum atomic E-state index is 12.3. The van der Waals surface area contributed by atoms with Crippen LogP contribution in [0.4, 0.5) is 18.9 Å². The standard InChI is InChI=1S/C8H4ClF3N2/c9-7-4(3-13)5(8(10,11)12)1-2-6(7)14/h1-2H,14H2. The van der Waals surface area contributed by atoms with Crippen molar-refractivity contribution in [1.82, 2.24) is 0 Å². The van der Waals surface area contributed by atoms with E-state index >= 15 is 0 Å². The minimum Gasteiger partial charge on any atom is -0.397 e. The largest absolute Gasteiger partial charge is 0.417 e. The lowest BCUT2D eigenvalue weighted by Crippen LogP contribution is -2.08. The topological polar surface area (TPSA) is 49.8 Å². The quantitative estimate of drug-likeness (QED) is 0.684. The molecule has 1 rings (SSSR count). The maximum absolute atomic E-state index is 12.3. The van der Waals surface area contributed by atoms with Gasteiger partial charge in [-0.15, -0.1) is 0 Å². The van der Waals surface area contributed by atoms with Crippen LogP contribution in [0.1, 0.15) is 11.1 Å². The Kier molecular flexibility index (Phi) is 2.58. The van der Waals surface area contributed by atoms with E-state index in [1.165, 1.54) is 6.07 Å². The monoisotopic (exact) mass is 220 g/mol. The van der Waals surface area contributed by atoms with Gasteiger partial charge in [0.1, 0.15) is 6.07 Å². The number of benzene rings is 1. The van der Waals surface area contributed by atoms with Crippen LogP contribution in [0.25, 0.3) is 0 Å². The number of rotatable bonds is 0. The van der Waals surface area contributed by atoms with Crippen LogP contribution in [0, 0.1) is 11.3 Å². The molecule has 0 amide bonds. The molecule has 0 spiro atoms. The second kappa shape index (κ2) is 3.39. The van der Waals surface area contributed by atoms with E-state index in [4.69, 9.17) is 22.6 Å². The molecule has 2 N–H and O–H groups in total. The normalized spacial score (nSPS) is 11.1. The van der Waals surface area contributed by atoms with Crippen LogP contribution in [0.2, 0.25) is 5.02 Å². The number of halogens is 4. The molecule has 0 aliphatic carbocycles. The van der Waals surface area contributed by atoms with Gasteiger partial charge in [0.05, 0.1) is 21.8 Å². The van der Waals surface area contributed by atoms with E-state index in [0.717, 1.165) is 12.1 Å². The molecule has 0 heterocycles. The molecular weight excluding hydrogens is 217 g/mol. The number of nitrogen functional groups attached to an aromatic ring is 1. The number of hydrogen-bond acceptors (Lipinski definition) is 2. The smallest absolute Gasteiger partial charge is 0.397 e. The molecule has 0 aliphatic rings. The van der Waals surface area contributed by atoms with Gasteiger partial charge in [0.15, 0.2) is 0 Å². The van der Waals surface area contributed by atoms with Gasteiger partial charge in [-0.2, -0.15) is 18.4 Å². The summed E-state index contributed by atoms with van der Waals surface area (Å²) in [6, 6.07) is 3.14. The maximum Gasteiger partial charge on any atom is 0.417 e. The second-order valence-corrected chi connectivity index (χ2v) is 2.88. The van der Waals surface area contributed by atoms with Crippen molar-refractivity contribution in [3.05, 3.63) is 28.3 Å². The molecule has 0 radical (unpaired) electrons. The SMILES string of the molecule is N#Cc1c(C(F)(F)F)ccc(N)c1Cl. The molecule has 0 bridgehead atoms. The molecule has 0 saturated heterocycles. The van der Waals surface area contributed by atoms with Gasteiger partial charge in [-0.25, -0.2) is 0 Å². The van der Waals surface area contributed by atoms with E-state index in [1.807, 2.05) is 0 Å². The van der Waals surface area contributed by atoms with Gasteiger partial charge in [0.25, 0.3) is 0 Å². The zero-order chi connectivity index (χ0) is 10.9. The zero-order valence-electron chi connectivity index (χ0n) is 6.69. The molecule has 74 valence electrons. The minimum atomic E-state index is -4.59. The summed E-state index contributed by atoms with van der Waals surface area (Å²) in [5.41, 5.74) is 3.50. The van der Waals surface area contributed by atoms with Crippen molar-refractivity contribution in [3.63, 3.8) is 0 Å². The summed E-state index contributed by atoms with van der Waals surface area (Å²) in [5, 5.41) is 8.14. The van der Waals surface area contributed by atoms with Crippen molar-refractivity contribution >= 4 is 17.3 Å². The molecule has 0 aliphatic heterocycles. The average Bonchev–Trinajstić information content (AvgIpc) is 2.07. The number of hydrogen-bond donors (Lipinski definition) is 1. The van der Waals surface area contributed by atoms with Crippen molar-refractivity contribution in [2.75, 3.05) is 5.73 Å². The third-order valence-corrected chi connectivity index (χ3v) is 2.00. The first-order valence-corrected chi connectivity index (χ1v) is 3.81. The van der Waals surface area contributed by atoms with Crippen molar-refractivity contribution in [1.29, 1.82) is 5.26 Å². The summed E-state index contributed by atoms with van der Waals surface area (Å²) >= 11 is 5.46. The van der Waals surface area contributed by atoms with Gasteiger partial charge >= 0.3 is 6.18 Å². The van der Waals surface area contributed by atoms with E-state index in [1.54, 1.807) is 0 Å². The highest BCUT2D eigenvalue weighted by molar-refractivity contribution is 6.34. The Bertz CT molecular complexity index is 406. The first kappa shape index (κ1) is 10.7. The fourth-order valence-corrected chi connectivity index (χ4v) is 1.14. The predicted octanol–water partition coefficient (Wildman–Crippen LogP) is 2.81. The lowest BCUT2D eigenvalue weighted by atomic mass is 10.1. The van der Waals surface area contributed by atoms with Crippen LogP contribution >= 0.6 is 11.6 Å². The summed E-state index contributed by atoms with van der Waals surface area (Å²) in [5.74, 6) is 0. The molecule has 1 aromatic rings. The minimum absolute atomic E-state index is 0.0452. The highest BCUT2D eigenvalue weighted by Gasteiger charge is 2.34. The lowest BCUT2D eigenvalue weighted by Gasteiger charge is -2.10. The van der Waals surface area contributed by atoms with Crippen molar-refractivity contribution < 1.29 is 13.2 Å². The van der Waals surface area contributed by atoms with Gasteiger partial charge in [-0.3, -0.25) is 0 Å². The third kappa shape index (κ3) is 1.75. The van der Waals surface area contributed by atoms with Crippen molar-refractivity contribution in [2.24, 2.45) is 0 Å².